The van der Waals surface area contributed by atoms with E-state index in [0.29, 0.717) is 0 Å². The summed E-state index contributed by atoms with van der Waals surface area (Å²) >= 11 is 0. The maximum atomic E-state index is 12.1. The molecule has 0 aromatic rings. The van der Waals surface area contributed by atoms with E-state index in [0.717, 1.165) is 13.8 Å². The van der Waals surface area contributed by atoms with E-state index in [2.05, 4.69) is 0 Å². The summed E-state index contributed by atoms with van der Waals surface area (Å²) in [4.78, 5) is 10.0. The van der Waals surface area contributed by atoms with E-state index in [1.54, 1.807) is 0 Å². The van der Waals surface area contributed by atoms with Crippen LogP contribution in [0.25, 0.3) is 0 Å². The molecule has 14 heavy (non-hydrogen) atoms. The Hall–Kier alpha value is -0.740. The van der Waals surface area contributed by atoms with Crippen LogP contribution in [0.5, 0.6) is 0 Å². The minimum absolute atomic E-state index is 0.383. The van der Waals surface area contributed by atoms with Gasteiger partial charge in [-0.25, -0.2) is 0 Å². The van der Waals surface area contributed by atoms with E-state index >= 15 is 0 Å². The summed E-state index contributed by atoms with van der Waals surface area (Å²) in [5, 5.41) is 8.18. The Morgan fingerprint density at radius 2 is 1.57 bits per heavy atom. The lowest BCUT2D eigenvalue weighted by molar-refractivity contribution is -0.214. The fraction of sp³-hybridized carbons (Fsp3) is 0.889. The molecule has 0 spiro atoms. The van der Waals surface area contributed by atoms with E-state index in [4.69, 9.17) is 5.11 Å². The van der Waals surface area contributed by atoms with Crippen molar-refractivity contribution in [1.82, 2.24) is 0 Å². The maximum Gasteiger partial charge on any atom is 0.393 e. The molecule has 1 N–H and O–H groups in total. The zero-order valence-corrected chi connectivity index (χ0v) is 8.90. The molecule has 0 aliphatic rings. The van der Waals surface area contributed by atoms with Crippen molar-refractivity contribution in [2.24, 2.45) is 5.41 Å². The fourth-order valence-corrected chi connectivity index (χ4v) is 0.561. The molecule has 0 amide bonds. The molecular formula is C9H17F3O2. The van der Waals surface area contributed by atoms with Crippen LogP contribution < -0.4 is 0 Å². The van der Waals surface area contributed by atoms with Crippen LogP contribution in [0.1, 0.15) is 40.5 Å². The summed E-state index contributed by atoms with van der Waals surface area (Å²) in [6, 6.07) is 0. The Morgan fingerprint density at radius 1 is 1.21 bits per heavy atom. The first-order valence-electron chi connectivity index (χ1n) is 4.45. The third-order valence-corrected chi connectivity index (χ3v) is 1.73. The predicted octanol–water partition coefficient (Wildman–Crippen LogP) is 3.47. The van der Waals surface area contributed by atoms with Crippen LogP contribution in [0.3, 0.4) is 0 Å². The van der Waals surface area contributed by atoms with Gasteiger partial charge in [-0.2, -0.15) is 13.2 Å². The van der Waals surface area contributed by atoms with Crippen LogP contribution >= 0.6 is 0 Å². The van der Waals surface area contributed by atoms with Gasteiger partial charge in [-0.05, 0) is 6.42 Å². The number of aliphatic carboxylic acids is 1. The highest BCUT2D eigenvalue weighted by molar-refractivity contribution is 5.66. The molecule has 0 saturated heterocycles. The maximum absolute atomic E-state index is 12.1. The molecule has 0 rings (SSSR count). The highest BCUT2D eigenvalue weighted by Gasteiger charge is 2.46. The molecule has 0 aliphatic heterocycles. The van der Waals surface area contributed by atoms with Crippen LogP contribution in [-0.4, -0.2) is 17.3 Å². The predicted molar refractivity (Wildman–Crippen MR) is 48.1 cm³/mol. The third-order valence-electron chi connectivity index (χ3n) is 1.73. The summed E-state index contributed by atoms with van der Waals surface area (Å²) < 4.78 is 36.3. The molecule has 0 heterocycles. The number of hydrogen-bond donors (Lipinski definition) is 1. The van der Waals surface area contributed by atoms with E-state index in [1.165, 1.54) is 0 Å². The zero-order valence-electron chi connectivity index (χ0n) is 8.90. The number of halogens is 3. The molecule has 0 radical (unpaired) electrons. The number of rotatable bonds is 3. The molecule has 0 aromatic heterocycles. The minimum atomic E-state index is -4.33. The highest BCUT2D eigenvalue weighted by Crippen LogP contribution is 2.40. The summed E-state index contributed by atoms with van der Waals surface area (Å²) in [7, 11) is 0. The van der Waals surface area contributed by atoms with Gasteiger partial charge < -0.3 is 5.11 Å². The topological polar surface area (TPSA) is 37.3 Å². The van der Waals surface area contributed by atoms with Gasteiger partial charge in [0.05, 0.1) is 5.41 Å². The van der Waals surface area contributed by atoms with Crippen LogP contribution in [0.15, 0.2) is 0 Å². The van der Waals surface area contributed by atoms with Crippen molar-refractivity contribution in [3.8, 4) is 0 Å². The van der Waals surface area contributed by atoms with Gasteiger partial charge in [-0.3, -0.25) is 4.79 Å². The van der Waals surface area contributed by atoms with Crippen molar-refractivity contribution in [2.75, 3.05) is 0 Å². The van der Waals surface area contributed by atoms with Crippen molar-refractivity contribution in [3.63, 3.8) is 0 Å². The number of carboxylic acids is 1. The van der Waals surface area contributed by atoms with E-state index < -0.39 is 24.0 Å². The van der Waals surface area contributed by atoms with E-state index in [9.17, 15) is 18.0 Å². The first-order chi connectivity index (χ1) is 6.17. The first-order valence-corrected chi connectivity index (χ1v) is 4.45. The molecular weight excluding hydrogens is 197 g/mol. The molecule has 5 heteroatoms. The monoisotopic (exact) mass is 214 g/mol. The van der Waals surface area contributed by atoms with E-state index in [-0.39, 0.29) is 6.42 Å². The Balaban J connectivity index is 0. The molecule has 0 saturated carbocycles. The van der Waals surface area contributed by atoms with Crippen molar-refractivity contribution in [3.05, 3.63) is 0 Å². The number of alkyl halides is 3. The molecule has 0 aliphatic carbocycles. The molecule has 0 fully saturated rings. The van der Waals surface area contributed by atoms with Gasteiger partial charge in [0.15, 0.2) is 0 Å². The van der Waals surface area contributed by atoms with Gasteiger partial charge in [-0.15, -0.1) is 0 Å². The second-order valence-corrected chi connectivity index (χ2v) is 3.28. The largest absolute Gasteiger partial charge is 0.481 e. The SMILES string of the molecule is CC.CC(C)(CCC(=O)O)C(F)(F)F. The second-order valence-electron chi connectivity index (χ2n) is 3.28. The highest BCUT2D eigenvalue weighted by atomic mass is 19.4. The standard InChI is InChI=1S/C7H11F3O2.C2H6/c1-6(2,7(8,9)10)4-3-5(11)12;1-2/h3-4H2,1-2H3,(H,11,12);1-2H3. The summed E-state index contributed by atoms with van der Waals surface area (Å²) in [5.74, 6) is -1.20. The van der Waals surface area contributed by atoms with Crippen LogP contribution in [0, 0.1) is 5.41 Å². The quantitative estimate of drug-likeness (QED) is 0.781. The average Bonchev–Trinajstić information content (AvgIpc) is 2.03. The van der Waals surface area contributed by atoms with E-state index in [1.807, 2.05) is 13.8 Å². The van der Waals surface area contributed by atoms with Gasteiger partial charge in [0.25, 0.3) is 0 Å². The smallest absolute Gasteiger partial charge is 0.393 e. The second kappa shape index (κ2) is 5.88. The summed E-state index contributed by atoms with van der Waals surface area (Å²) in [6.45, 7) is 5.99. The molecule has 2 nitrogen and oxygen atoms in total. The minimum Gasteiger partial charge on any atom is -0.481 e. The van der Waals surface area contributed by atoms with Gasteiger partial charge in [0, 0.05) is 6.42 Å². The summed E-state index contributed by atoms with van der Waals surface area (Å²) in [5.41, 5.74) is -1.91. The average molecular weight is 214 g/mol. The van der Waals surface area contributed by atoms with Crippen LogP contribution in [0.4, 0.5) is 13.2 Å². The number of carbonyl (C=O) groups is 1. The van der Waals surface area contributed by atoms with Crippen molar-refractivity contribution in [2.45, 2.75) is 46.7 Å². The number of carboxylic acid groups (broad SMARTS) is 1. The lowest BCUT2D eigenvalue weighted by Crippen LogP contribution is -2.32. The molecule has 0 aromatic carbocycles. The lowest BCUT2D eigenvalue weighted by atomic mass is 9.87. The number of hydrogen-bond acceptors (Lipinski definition) is 1. The Bertz CT molecular complexity index is 173. The zero-order chi connectivity index (χ0) is 12.0. The van der Waals surface area contributed by atoms with Crippen molar-refractivity contribution >= 4 is 5.97 Å². The Labute approximate surface area is 82.1 Å². The molecule has 0 bridgehead atoms. The Morgan fingerprint density at radius 3 is 1.79 bits per heavy atom. The van der Waals surface area contributed by atoms with Crippen molar-refractivity contribution < 1.29 is 23.1 Å². The van der Waals surface area contributed by atoms with Gasteiger partial charge in [-0.1, -0.05) is 27.7 Å². The fourth-order valence-electron chi connectivity index (χ4n) is 0.561. The molecule has 0 unspecified atom stereocenters. The van der Waals surface area contributed by atoms with Crippen LogP contribution in [-0.2, 0) is 4.79 Å². The molecule has 0 atom stereocenters. The lowest BCUT2D eigenvalue weighted by Gasteiger charge is -2.26. The summed E-state index contributed by atoms with van der Waals surface area (Å²) in [6.07, 6.45) is -5.17. The van der Waals surface area contributed by atoms with Gasteiger partial charge in [0.2, 0.25) is 0 Å². The first kappa shape index (κ1) is 15.7. The van der Waals surface area contributed by atoms with Gasteiger partial charge in [0.1, 0.15) is 0 Å². The molecule has 86 valence electrons. The van der Waals surface area contributed by atoms with Crippen molar-refractivity contribution in [1.29, 1.82) is 0 Å². The third kappa shape index (κ3) is 5.83. The van der Waals surface area contributed by atoms with Crippen LogP contribution in [0.2, 0.25) is 0 Å². The normalized spacial score (nSPS) is 11.6. The Kier molecular flexibility index (Phi) is 6.60. The van der Waals surface area contributed by atoms with Gasteiger partial charge >= 0.3 is 12.1 Å².